The molecule has 2 heterocycles. The average molecular weight is 387 g/mol. The fourth-order valence-electron chi connectivity index (χ4n) is 3.38. The predicted octanol–water partition coefficient (Wildman–Crippen LogP) is 1.30. The number of methoxy groups -OCH3 is 3. The minimum atomic E-state index is -0.0519. The van der Waals surface area contributed by atoms with Crippen molar-refractivity contribution in [2.75, 3.05) is 47.5 Å². The van der Waals surface area contributed by atoms with Crippen LogP contribution in [0.3, 0.4) is 0 Å². The Balaban J connectivity index is 1.64. The molecule has 1 aromatic heterocycles. The summed E-state index contributed by atoms with van der Waals surface area (Å²) in [6.07, 6.45) is 2.68. The zero-order valence-electron chi connectivity index (χ0n) is 16.4. The number of rotatable bonds is 6. The molecule has 8 heteroatoms. The fourth-order valence-corrected chi connectivity index (χ4v) is 3.38. The molecule has 1 amide bonds. The average Bonchev–Trinajstić information content (AvgIpc) is 2.73. The van der Waals surface area contributed by atoms with Crippen LogP contribution in [-0.4, -0.2) is 63.2 Å². The minimum absolute atomic E-state index is 0.0519. The molecule has 0 spiro atoms. The number of nitrogens with zero attached hydrogens (tertiary/aromatic N) is 3. The van der Waals surface area contributed by atoms with Crippen molar-refractivity contribution in [3.63, 3.8) is 0 Å². The lowest BCUT2D eigenvalue weighted by Crippen LogP contribution is -2.48. The maximum atomic E-state index is 12.6. The second-order valence-electron chi connectivity index (χ2n) is 6.51. The summed E-state index contributed by atoms with van der Waals surface area (Å²) in [4.78, 5) is 16.7. The Morgan fingerprint density at radius 2 is 1.61 bits per heavy atom. The van der Waals surface area contributed by atoms with Gasteiger partial charge in [0.25, 0.3) is 5.91 Å². The Morgan fingerprint density at radius 3 is 2.18 bits per heavy atom. The first-order chi connectivity index (χ1) is 13.6. The van der Waals surface area contributed by atoms with E-state index in [0.717, 1.165) is 18.7 Å². The van der Waals surface area contributed by atoms with Gasteiger partial charge < -0.3 is 24.3 Å². The number of amides is 1. The van der Waals surface area contributed by atoms with Gasteiger partial charge in [-0.1, -0.05) is 6.07 Å². The highest BCUT2D eigenvalue weighted by Crippen LogP contribution is 2.40. The minimum Gasteiger partial charge on any atom is -0.619 e. The number of piperazine rings is 1. The highest BCUT2D eigenvalue weighted by Gasteiger charge is 2.24. The van der Waals surface area contributed by atoms with Gasteiger partial charge in [0.05, 0.1) is 26.9 Å². The van der Waals surface area contributed by atoms with Crippen LogP contribution in [0.5, 0.6) is 17.2 Å². The normalized spacial score (nSPS) is 14.6. The number of ether oxygens (including phenoxy) is 3. The van der Waals surface area contributed by atoms with E-state index < -0.39 is 0 Å². The Kier molecular flexibility index (Phi) is 6.20. The fraction of sp³-hybridized carbons (Fsp3) is 0.400. The van der Waals surface area contributed by atoms with Gasteiger partial charge in [0.15, 0.2) is 23.9 Å². The molecule has 0 N–H and O–H groups in total. The van der Waals surface area contributed by atoms with Gasteiger partial charge in [-0.25, -0.2) is 0 Å². The number of pyridine rings is 1. The van der Waals surface area contributed by atoms with Crippen LogP contribution in [-0.2, 0) is 6.54 Å². The van der Waals surface area contributed by atoms with Crippen molar-refractivity contribution in [3.05, 3.63) is 53.0 Å². The second-order valence-corrected chi connectivity index (χ2v) is 6.51. The van der Waals surface area contributed by atoms with Crippen molar-refractivity contribution in [1.29, 1.82) is 0 Å². The first kappa shape index (κ1) is 19.8. The highest BCUT2D eigenvalue weighted by molar-refractivity contribution is 5.94. The molecule has 3 rings (SSSR count). The monoisotopic (exact) mass is 387 g/mol. The molecule has 0 radical (unpaired) electrons. The van der Waals surface area contributed by atoms with Crippen LogP contribution in [0.25, 0.3) is 0 Å². The molecule has 1 aromatic carbocycles. The maximum Gasteiger partial charge on any atom is 0.254 e. The lowest BCUT2D eigenvalue weighted by Gasteiger charge is -2.35. The van der Waals surface area contributed by atoms with Crippen LogP contribution in [0, 0.1) is 5.21 Å². The predicted molar refractivity (Wildman–Crippen MR) is 103 cm³/mol. The van der Waals surface area contributed by atoms with Gasteiger partial charge in [-0.2, -0.15) is 4.73 Å². The maximum absolute atomic E-state index is 12.6. The van der Waals surface area contributed by atoms with Crippen LogP contribution in [0.1, 0.15) is 15.9 Å². The molecule has 0 atom stereocenters. The third-order valence-electron chi connectivity index (χ3n) is 4.89. The first-order valence-electron chi connectivity index (χ1n) is 9.05. The largest absolute Gasteiger partial charge is 0.619 e. The highest BCUT2D eigenvalue weighted by atomic mass is 16.5. The molecule has 1 fully saturated rings. The smallest absolute Gasteiger partial charge is 0.254 e. The van der Waals surface area contributed by atoms with E-state index in [1.807, 2.05) is 17.0 Å². The third-order valence-corrected chi connectivity index (χ3v) is 4.89. The van der Waals surface area contributed by atoms with E-state index in [2.05, 4.69) is 4.90 Å². The van der Waals surface area contributed by atoms with Gasteiger partial charge in [0.2, 0.25) is 5.75 Å². The molecule has 0 saturated carbocycles. The van der Waals surface area contributed by atoms with Gasteiger partial charge >= 0.3 is 0 Å². The van der Waals surface area contributed by atoms with E-state index in [1.54, 1.807) is 33.5 Å². The Bertz CT molecular complexity index is 817. The van der Waals surface area contributed by atoms with Gasteiger partial charge in [-0.05, 0) is 6.07 Å². The molecule has 150 valence electrons. The van der Waals surface area contributed by atoms with E-state index >= 15 is 0 Å². The molecular weight excluding hydrogens is 362 g/mol. The lowest BCUT2D eigenvalue weighted by molar-refractivity contribution is -0.605. The van der Waals surface area contributed by atoms with Crippen LogP contribution in [0.4, 0.5) is 0 Å². The van der Waals surface area contributed by atoms with Crippen LogP contribution >= 0.6 is 0 Å². The number of carbonyl (C=O) groups excluding carboxylic acids is 1. The summed E-state index contributed by atoms with van der Waals surface area (Å²) in [5.41, 5.74) is 1.53. The molecule has 0 aliphatic carbocycles. The summed E-state index contributed by atoms with van der Waals surface area (Å²) in [5, 5.41) is 11.1. The summed E-state index contributed by atoms with van der Waals surface area (Å²) in [6, 6.07) is 6.94. The summed E-state index contributed by atoms with van der Waals surface area (Å²) in [5.74, 6) is 1.82. The number of aromatic nitrogens is 1. The summed E-state index contributed by atoms with van der Waals surface area (Å²) in [7, 11) is 4.80. The number of carbonyl (C=O) groups is 1. The van der Waals surface area contributed by atoms with Gasteiger partial charge in [0, 0.05) is 50.4 Å². The number of benzene rings is 1. The van der Waals surface area contributed by atoms with Gasteiger partial charge in [-0.3, -0.25) is 9.69 Å². The van der Waals surface area contributed by atoms with Crippen LogP contribution in [0.2, 0.25) is 0 Å². The molecule has 2 aromatic rings. The van der Waals surface area contributed by atoms with E-state index in [-0.39, 0.29) is 5.91 Å². The summed E-state index contributed by atoms with van der Waals surface area (Å²) >= 11 is 0. The molecule has 1 aliphatic rings. The van der Waals surface area contributed by atoms with Gasteiger partial charge in [-0.15, -0.1) is 0 Å². The van der Waals surface area contributed by atoms with Crippen molar-refractivity contribution >= 4 is 5.91 Å². The molecule has 8 nitrogen and oxygen atoms in total. The summed E-state index contributed by atoms with van der Waals surface area (Å²) in [6.45, 7) is 3.43. The SMILES string of the molecule is COc1ccc(CN2CCN(C(=O)c3cc[n+]([O-])cc3)CC2)c(OC)c1OC. The van der Waals surface area contributed by atoms with E-state index in [4.69, 9.17) is 14.2 Å². The molecular formula is C20H25N3O5. The Morgan fingerprint density at radius 1 is 0.964 bits per heavy atom. The van der Waals surface area contributed by atoms with Crippen molar-refractivity contribution in [3.8, 4) is 17.2 Å². The lowest BCUT2D eigenvalue weighted by atomic mass is 10.1. The first-order valence-corrected chi connectivity index (χ1v) is 9.05. The zero-order chi connectivity index (χ0) is 20.1. The van der Waals surface area contributed by atoms with Crippen LogP contribution in [0.15, 0.2) is 36.7 Å². The Labute approximate surface area is 164 Å². The molecule has 0 unspecified atom stereocenters. The Hall–Kier alpha value is -3.00. The van der Waals surface area contributed by atoms with Crippen molar-refractivity contribution in [1.82, 2.24) is 9.80 Å². The van der Waals surface area contributed by atoms with Crippen molar-refractivity contribution < 1.29 is 23.7 Å². The molecule has 1 saturated heterocycles. The van der Waals surface area contributed by atoms with Crippen LogP contribution < -0.4 is 18.9 Å². The number of hydrogen-bond donors (Lipinski definition) is 0. The van der Waals surface area contributed by atoms with E-state index in [1.165, 1.54) is 12.4 Å². The molecule has 1 aliphatic heterocycles. The van der Waals surface area contributed by atoms with Crippen molar-refractivity contribution in [2.24, 2.45) is 0 Å². The van der Waals surface area contributed by atoms with Crippen molar-refractivity contribution in [2.45, 2.75) is 6.54 Å². The third kappa shape index (κ3) is 4.12. The standard InChI is InChI=1S/C20H25N3O5/c1-26-17-5-4-16(18(27-2)19(17)28-3)14-21-10-12-22(13-11-21)20(24)15-6-8-23(25)9-7-15/h4-9H,10-14H2,1-3H3. The number of hydrogen-bond acceptors (Lipinski definition) is 6. The summed E-state index contributed by atoms with van der Waals surface area (Å²) < 4.78 is 17.0. The topological polar surface area (TPSA) is 78.2 Å². The molecule has 0 bridgehead atoms. The molecule has 28 heavy (non-hydrogen) atoms. The second kappa shape index (κ2) is 8.79. The van der Waals surface area contributed by atoms with E-state index in [9.17, 15) is 10.0 Å². The zero-order valence-corrected chi connectivity index (χ0v) is 16.4. The van der Waals surface area contributed by atoms with E-state index in [0.29, 0.717) is 47.2 Å². The quantitative estimate of drug-likeness (QED) is 0.549. The van der Waals surface area contributed by atoms with Gasteiger partial charge in [0.1, 0.15) is 0 Å².